The molecule has 0 saturated carbocycles. The lowest BCUT2D eigenvalue weighted by Gasteiger charge is -2.22. The maximum Gasteiger partial charge on any atom is 0.408 e. The normalized spacial score (nSPS) is 12.7. The molecule has 0 aliphatic carbocycles. The van der Waals surface area contributed by atoms with Crippen molar-refractivity contribution in [2.75, 3.05) is 7.11 Å². The molecule has 0 radical (unpaired) electrons. The first-order valence-corrected chi connectivity index (χ1v) is 6.09. The molecule has 0 bridgehead atoms. The number of alkyl carbamates (subject to hydrolysis) is 1. The Bertz CT molecular complexity index is 451. The van der Waals surface area contributed by atoms with Gasteiger partial charge < -0.3 is 19.9 Å². The van der Waals surface area contributed by atoms with Crippen LogP contribution in [0.1, 0.15) is 39.3 Å². The highest BCUT2D eigenvalue weighted by molar-refractivity contribution is 5.68. The average Bonchev–Trinajstić information content (AvgIpc) is 2.26. The number of benzene rings is 1. The highest BCUT2D eigenvalue weighted by atomic mass is 16.6. The topological polar surface area (TPSA) is 67.8 Å². The predicted octanol–water partition coefficient (Wildman–Crippen LogP) is 2.99. The molecule has 5 nitrogen and oxygen atoms in total. The van der Waals surface area contributed by atoms with Crippen LogP contribution in [0.15, 0.2) is 18.2 Å². The van der Waals surface area contributed by atoms with E-state index in [9.17, 15) is 9.90 Å². The van der Waals surface area contributed by atoms with Crippen LogP contribution in [0.3, 0.4) is 0 Å². The Balaban J connectivity index is 2.70. The number of carbonyl (C=O) groups excluding carboxylic acids is 1. The molecule has 2 N–H and O–H groups in total. The van der Waals surface area contributed by atoms with Crippen LogP contribution in [0.2, 0.25) is 0 Å². The molecule has 0 aliphatic rings. The Hall–Kier alpha value is -1.91. The molecular formula is C14H21NO4. The maximum atomic E-state index is 11.6. The molecule has 5 heteroatoms. The van der Waals surface area contributed by atoms with Gasteiger partial charge in [-0.25, -0.2) is 4.79 Å². The number of ether oxygens (including phenoxy) is 2. The van der Waals surface area contributed by atoms with Crippen molar-refractivity contribution in [1.29, 1.82) is 0 Å². The summed E-state index contributed by atoms with van der Waals surface area (Å²) in [7, 11) is 1.48. The van der Waals surface area contributed by atoms with E-state index in [1.807, 2.05) is 6.92 Å². The molecule has 106 valence electrons. The number of hydrogen-bond donors (Lipinski definition) is 2. The number of nitrogens with one attached hydrogen (secondary N) is 1. The van der Waals surface area contributed by atoms with Crippen molar-refractivity contribution >= 4 is 6.09 Å². The van der Waals surface area contributed by atoms with Gasteiger partial charge in [-0.05, 0) is 45.4 Å². The van der Waals surface area contributed by atoms with Gasteiger partial charge in [0, 0.05) is 0 Å². The first-order chi connectivity index (χ1) is 8.73. The second kappa shape index (κ2) is 5.82. The van der Waals surface area contributed by atoms with E-state index in [1.54, 1.807) is 39.0 Å². The molecule has 0 fully saturated rings. The first kappa shape index (κ1) is 15.1. The average molecular weight is 267 g/mol. The van der Waals surface area contributed by atoms with Gasteiger partial charge in [0.15, 0.2) is 11.5 Å². The quantitative estimate of drug-likeness (QED) is 0.883. The minimum Gasteiger partial charge on any atom is -0.504 e. The van der Waals surface area contributed by atoms with Crippen LogP contribution in [0.5, 0.6) is 11.5 Å². The molecule has 0 aliphatic heterocycles. The first-order valence-electron chi connectivity index (χ1n) is 6.09. The third kappa shape index (κ3) is 4.69. The van der Waals surface area contributed by atoms with Crippen molar-refractivity contribution < 1.29 is 19.4 Å². The molecule has 1 aromatic carbocycles. The standard InChI is InChI=1S/C14H21NO4/c1-9(15-13(17)19-14(2,3)4)10-6-7-12(18-5)11(16)8-10/h6-9,16H,1-5H3,(H,15,17). The summed E-state index contributed by atoms with van der Waals surface area (Å²) in [6.07, 6.45) is -0.490. The van der Waals surface area contributed by atoms with Crippen LogP contribution in [0.25, 0.3) is 0 Å². The number of phenolic OH excluding ortho intramolecular Hbond substituents is 1. The van der Waals surface area contributed by atoms with E-state index >= 15 is 0 Å². The Morgan fingerprint density at radius 2 is 2.00 bits per heavy atom. The van der Waals surface area contributed by atoms with Gasteiger partial charge in [0.25, 0.3) is 0 Å². The van der Waals surface area contributed by atoms with Crippen molar-refractivity contribution in [3.05, 3.63) is 23.8 Å². The lowest BCUT2D eigenvalue weighted by atomic mass is 10.1. The van der Waals surface area contributed by atoms with Crippen molar-refractivity contribution in [2.24, 2.45) is 0 Å². The van der Waals surface area contributed by atoms with Gasteiger partial charge in [-0.15, -0.1) is 0 Å². The minimum absolute atomic E-state index is 0.0397. The molecule has 0 aromatic heterocycles. The van der Waals surface area contributed by atoms with E-state index in [-0.39, 0.29) is 11.8 Å². The maximum absolute atomic E-state index is 11.6. The number of hydrogen-bond acceptors (Lipinski definition) is 4. The van der Waals surface area contributed by atoms with Crippen LogP contribution < -0.4 is 10.1 Å². The van der Waals surface area contributed by atoms with Crippen LogP contribution in [0, 0.1) is 0 Å². The van der Waals surface area contributed by atoms with Crippen LogP contribution in [0.4, 0.5) is 4.79 Å². The highest BCUT2D eigenvalue weighted by Crippen LogP contribution is 2.28. The van der Waals surface area contributed by atoms with Gasteiger partial charge in [0.2, 0.25) is 0 Å². The summed E-state index contributed by atoms with van der Waals surface area (Å²) in [5.41, 5.74) is 0.232. The molecule has 1 unspecified atom stereocenters. The fraction of sp³-hybridized carbons (Fsp3) is 0.500. The molecule has 19 heavy (non-hydrogen) atoms. The summed E-state index contributed by atoms with van der Waals surface area (Å²) in [5, 5.41) is 12.4. The zero-order valence-electron chi connectivity index (χ0n) is 12.0. The molecular weight excluding hydrogens is 246 g/mol. The largest absolute Gasteiger partial charge is 0.504 e. The van der Waals surface area contributed by atoms with E-state index < -0.39 is 11.7 Å². The van der Waals surface area contributed by atoms with Crippen LogP contribution >= 0.6 is 0 Å². The second-order valence-corrected chi connectivity index (χ2v) is 5.30. The summed E-state index contributed by atoms with van der Waals surface area (Å²) in [5.74, 6) is 0.436. The molecule has 1 atom stereocenters. The molecule has 1 amide bonds. The van der Waals surface area contributed by atoms with Gasteiger partial charge in [-0.3, -0.25) is 0 Å². The van der Waals surface area contributed by atoms with Crippen LogP contribution in [-0.2, 0) is 4.74 Å². The molecule has 1 aromatic rings. The van der Waals surface area contributed by atoms with Gasteiger partial charge in [-0.2, -0.15) is 0 Å². The third-order valence-electron chi connectivity index (χ3n) is 2.44. The number of aromatic hydroxyl groups is 1. The zero-order chi connectivity index (χ0) is 14.6. The van der Waals surface area contributed by atoms with E-state index in [4.69, 9.17) is 9.47 Å². The Morgan fingerprint density at radius 1 is 1.37 bits per heavy atom. The fourth-order valence-electron chi connectivity index (χ4n) is 1.54. The Labute approximate surface area is 113 Å². The number of carbonyl (C=O) groups is 1. The van der Waals surface area contributed by atoms with Crippen molar-refractivity contribution in [3.8, 4) is 11.5 Å². The summed E-state index contributed by atoms with van der Waals surface area (Å²) in [4.78, 5) is 11.6. The SMILES string of the molecule is COc1ccc(C(C)NC(=O)OC(C)(C)C)cc1O. The van der Waals surface area contributed by atoms with E-state index in [2.05, 4.69) is 5.32 Å². The smallest absolute Gasteiger partial charge is 0.408 e. The number of methoxy groups -OCH3 is 1. The number of rotatable bonds is 3. The van der Waals surface area contributed by atoms with Gasteiger partial charge >= 0.3 is 6.09 Å². The predicted molar refractivity (Wildman–Crippen MR) is 72.4 cm³/mol. The summed E-state index contributed by atoms with van der Waals surface area (Å²) in [6.45, 7) is 7.22. The summed E-state index contributed by atoms with van der Waals surface area (Å²) < 4.78 is 10.1. The van der Waals surface area contributed by atoms with Crippen molar-refractivity contribution in [2.45, 2.75) is 39.3 Å². The lowest BCUT2D eigenvalue weighted by Crippen LogP contribution is -2.34. The van der Waals surface area contributed by atoms with E-state index in [1.165, 1.54) is 7.11 Å². The Kier molecular flexibility index (Phi) is 4.64. The third-order valence-corrected chi connectivity index (χ3v) is 2.44. The number of amides is 1. The zero-order valence-corrected chi connectivity index (χ0v) is 12.0. The lowest BCUT2D eigenvalue weighted by molar-refractivity contribution is 0.0508. The fourth-order valence-corrected chi connectivity index (χ4v) is 1.54. The van der Waals surface area contributed by atoms with E-state index in [0.29, 0.717) is 5.75 Å². The number of phenols is 1. The van der Waals surface area contributed by atoms with Gasteiger partial charge in [0.1, 0.15) is 5.60 Å². The molecule has 0 saturated heterocycles. The van der Waals surface area contributed by atoms with Gasteiger partial charge in [0.05, 0.1) is 13.2 Å². The minimum atomic E-state index is -0.536. The van der Waals surface area contributed by atoms with Crippen LogP contribution in [-0.4, -0.2) is 23.9 Å². The molecule has 0 spiro atoms. The van der Waals surface area contributed by atoms with E-state index in [0.717, 1.165) is 5.56 Å². The highest BCUT2D eigenvalue weighted by Gasteiger charge is 2.18. The molecule has 1 rings (SSSR count). The van der Waals surface area contributed by atoms with Gasteiger partial charge in [-0.1, -0.05) is 6.07 Å². The molecule has 0 heterocycles. The summed E-state index contributed by atoms with van der Waals surface area (Å²) >= 11 is 0. The monoisotopic (exact) mass is 267 g/mol. The second-order valence-electron chi connectivity index (χ2n) is 5.30. The van der Waals surface area contributed by atoms with Crippen molar-refractivity contribution in [3.63, 3.8) is 0 Å². The van der Waals surface area contributed by atoms with Crippen molar-refractivity contribution in [1.82, 2.24) is 5.32 Å². The Morgan fingerprint density at radius 3 is 2.47 bits per heavy atom. The summed E-state index contributed by atoms with van der Waals surface area (Å²) in [6, 6.07) is 4.71.